The molecular weight excluding hydrogens is 332 g/mol. The van der Waals surface area contributed by atoms with Crippen molar-refractivity contribution in [2.24, 2.45) is 0 Å². The Balaban J connectivity index is 2.16. The predicted octanol–water partition coefficient (Wildman–Crippen LogP) is 3.50. The van der Waals surface area contributed by atoms with E-state index in [2.05, 4.69) is 29.1 Å². The Hall–Kier alpha value is -2.83. The van der Waals surface area contributed by atoms with Crippen molar-refractivity contribution >= 4 is 17.4 Å². The van der Waals surface area contributed by atoms with E-state index in [0.717, 1.165) is 25.9 Å². The minimum absolute atomic E-state index is 0.0910. The largest absolute Gasteiger partial charge is 0.497 e. The first-order chi connectivity index (χ1) is 12.6. The van der Waals surface area contributed by atoms with Gasteiger partial charge in [0.2, 0.25) is 0 Å². The molecule has 1 N–H and O–H groups in total. The Kier molecular flexibility index (Phi) is 7.20. The third-order valence-electron chi connectivity index (χ3n) is 3.81. The molecule has 2 rings (SSSR count). The quantitative estimate of drug-likeness (QED) is 0.739. The van der Waals surface area contributed by atoms with E-state index >= 15 is 0 Å². The molecule has 1 aromatic carbocycles. The summed E-state index contributed by atoms with van der Waals surface area (Å²) in [5, 5.41) is 3.14. The minimum atomic E-state index is -0.0910. The van der Waals surface area contributed by atoms with Gasteiger partial charge < -0.3 is 19.7 Å². The lowest BCUT2D eigenvalue weighted by atomic mass is 10.2. The Morgan fingerprint density at radius 3 is 2.35 bits per heavy atom. The van der Waals surface area contributed by atoms with Gasteiger partial charge in [-0.1, -0.05) is 13.8 Å². The zero-order valence-electron chi connectivity index (χ0n) is 15.8. The molecule has 1 aromatic heterocycles. The average molecular weight is 358 g/mol. The second kappa shape index (κ2) is 9.60. The topological polar surface area (TPSA) is 76.6 Å². The van der Waals surface area contributed by atoms with Gasteiger partial charge in [-0.15, -0.1) is 0 Å². The first-order valence-electron chi connectivity index (χ1n) is 8.73. The minimum Gasteiger partial charge on any atom is -0.497 e. The number of ether oxygens (including phenoxy) is 2. The molecule has 0 atom stereocenters. The highest BCUT2D eigenvalue weighted by atomic mass is 16.5. The number of aromatic nitrogens is 2. The molecule has 7 heteroatoms. The molecule has 0 saturated heterocycles. The number of benzene rings is 1. The Bertz CT molecular complexity index is 713. The molecule has 0 radical (unpaired) electrons. The van der Waals surface area contributed by atoms with Crippen molar-refractivity contribution in [1.82, 2.24) is 14.9 Å². The van der Waals surface area contributed by atoms with Gasteiger partial charge in [0.05, 0.1) is 32.3 Å². The molecule has 0 saturated carbocycles. The summed E-state index contributed by atoms with van der Waals surface area (Å²) in [6.07, 6.45) is 4.86. The normalized spacial score (nSPS) is 10.3. The van der Waals surface area contributed by atoms with Crippen molar-refractivity contribution in [2.45, 2.75) is 26.7 Å². The van der Waals surface area contributed by atoms with E-state index in [1.807, 2.05) is 17.0 Å². The van der Waals surface area contributed by atoms with Crippen molar-refractivity contribution in [3.63, 3.8) is 0 Å². The molecule has 0 bridgehead atoms. The number of hydrogen-bond acceptors (Lipinski definition) is 6. The SMILES string of the molecule is CCCN(CCC)C(=O)c1cnc(Nc2cc(OC)ccc2OC)cn1. The van der Waals surface area contributed by atoms with Crippen LogP contribution in [0.3, 0.4) is 0 Å². The number of amides is 1. The summed E-state index contributed by atoms with van der Waals surface area (Å²) in [6, 6.07) is 5.43. The van der Waals surface area contributed by atoms with Crippen LogP contribution in [0.1, 0.15) is 37.2 Å². The predicted molar refractivity (Wildman–Crippen MR) is 101 cm³/mol. The van der Waals surface area contributed by atoms with Crippen LogP contribution >= 0.6 is 0 Å². The number of carbonyl (C=O) groups excluding carboxylic acids is 1. The van der Waals surface area contributed by atoms with Gasteiger partial charge >= 0.3 is 0 Å². The molecule has 2 aromatic rings. The summed E-state index contributed by atoms with van der Waals surface area (Å²) in [7, 11) is 3.20. The van der Waals surface area contributed by atoms with E-state index in [9.17, 15) is 4.79 Å². The summed E-state index contributed by atoms with van der Waals surface area (Å²) in [5.74, 6) is 1.78. The second-order valence-electron chi connectivity index (χ2n) is 5.77. The molecule has 0 unspecified atom stereocenters. The zero-order chi connectivity index (χ0) is 18.9. The molecule has 1 amide bonds. The van der Waals surface area contributed by atoms with Crippen LogP contribution in [0.15, 0.2) is 30.6 Å². The third kappa shape index (κ3) is 4.84. The van der Waals surface area contributed by atoms with E-state index in [0.29, 0.717) is 28.7 Å². The van der Waals surface area contributed by atoms with Gasteiger partial charge in [-0.05, 0) is 25.0 Å². The average Bonchev–Trinajstić information content (AvgIpc) is 2.67. The van der Waals surface area contributed by atoms with Gasteiger partial charge in [0.1, 0.15) is 23.0 Å². The van der Waals surface area contributed by atoms with Crippen LogP contribution in [0.5, 0.6) is 11.5 Å². The highest BCUT2D eigenvalue weighted by Crippen LogP contribution is 2.30. The lowest BCUT2D eigenvalue weighted by molar-refractivity contribution is 0.0749. The van der Waals surface area contributed by atoms with Gasteiger partial charge in [0.15, 0.2) is 0 Å². The summed E-state index contributed by atoms with van der Waals surface area (Å²) >= 11 is 0. The van der Waals surface area contributed by atoms with E-state index in [1.54, 1.807) is 26.5 Å². The number of rotatable bonds is 9. The fourth-order valence-corrected chi connectivity index (χ4v) is 2.57. The fraction of sp³-hybridized carbons (Fsp3) is 0.421. The molecule has 7 nitrogen and oxygen atoms in total. The van der Waals surface area contributed by atoms with Crippen LogP contribution in [0, 0.1) is 0 Å². The van der Waals surface area contributed by atoms with Crippen LogP contribution in [-0.2, 0) is 0 Å². The van der Waals surface area contributed by atoms with Crippen LogP contribution in [-0.4, -0.2) is 48.1 Å². The maximum Gasteiger partial charge on any atom is 0.274 e. The van der Waals surface area contributed by atoms with Crippen LogP contribution in [0.25, 0.3) is 0 Å². The van der Waals surface area contributed by atoms with E-state index < -0.39 is 0 Å². The second-order valence-corrected chi connectivity index (χ2v) is 5.77. The number of carbonyl (C=O) groups is 1. The molecule has 0 spiro atoms. The highest BCUT2D eigenvalue weighted by Gasteiger charge is 2.16. The first-order valence-corrected chi connectivity index (χ1v) is 8.73. The van der Waals surface area contributed by atoms with E-state index in [-0.39, 0.29) is 5.91 Å². The van der Waals surface area contributed by atoms with E-state index in [1.165, 1.54) is 6.20 Å². The van der Waals surface area contributed by atoms with Gasteiger partial charge in [-0.3, -0.25) is 4.79 Å². The Labute approximate surface area is 154 Å². The smallest absolute Gasteiger partial charge is 0.274 e. The lowest BCUT2D eigenvalue weighted by Gasteiger charge is -2.20. The van der Waals surface area contributed by atoms with Crippen molar-refractivity contribution in [2.75, 3.05) is 32.6 Å². The van der Waals surface area contributed by atoms with Crippen molar-refractivity contribution in [1.29, 1.82) is 0 Å². The molecular formula is C19H26N4O3. The number of methoxy groups -OCH3 is 2. The van der Waals surface area contributed by atoms with Gasteiger partial charge in [-0.25, -0.2) is 9.97 Å². The van der Waals surface area contributed by atoms with Gasteiger partial charge in [0.25, 0.3) is 5.91 Å². The summed E-state index contributed by atoms with van der Waals surface area (Å²) < 4.78 is 10.6. The molecule has 0 aliphatic rings. The Morgan fingerprint density at radius 2 is 1.81 bits per heavy atom. The summed E-state index contributed by atoms with van der Waals surface area (Å²) in [6.45, 7) is 5.54. The fourth-order valence-electron chi connectivity index (χ4n) is 2.57. The maximum absolute atomic E-state index is 12.5. The molecule has 140 valence electrons. The standard InChI is InChI=1S/C19H26N4O3/c1-5-9-23(10-6-2)19(24)16-12-21-18(13-20-16)22-15-11-14(25-3)7-8-17(15)26-4/h7-8,11-13H,5-6,9-10H2,1-4H3,(H,21,22). The number of hydrogen-bond donors (Lipinski definition) is 1. The van der Waals surface area contributed by atoms with Gasteiger partial charge in [0, 0.05) is 19.2 Å². The molecule has 0 aliphatic carbocycles. The molecule has 0 aliphatic heterocycles. The summed E-state index contributed by atoms with van der Waals surface area (Å²) in [5.41, 5.74) is 1.05. The number of anilines is 2. The third-order valence-corrected chi connectivity index (χ3v) is 3.81. The van der Waals surface area contributed by atoms with Crippen molar-refractivity contribution in [3.8, 4) is 11.5 Å². The lowest BCUT2D eigenvalue weighted by Crippen LogP contribution is -2.33. The highest BCUT2D eigenvalue weighted by molar-refractivity contribution is 5.92. The molecule has 26 heavy (non-hydrogen) atoms. The maximum atomic E-state index is 12.5. The number of nitrogens with one attached hydrogen (secondary N) is 1. The zero-order valence-corrected chi connectivity index (χ0v) is 15.8. The first kappa shape index (κ1) is 19.5. The summed E-state index contributed by atoms with van der Waals surface area (Å²) in [4.78, 5) is 22.9. The molecule has 1 heterocycles. The van der Waals surface area contributed by atoms with E-state index in [4.69, 9.17) is 9.47 Å². The molecule has 0 fully saturated rings. The van der Waals surface area contributed by atoms with Crippen LogP contribution in [0.2, 0.25) is 0 Å². The van der Waals surface area contributed by atoms with Crippen LogP contribution < -0.4 is 14.8 Å². The Morgan fingerprint density at radius 1 is 1.08 bits per heavy atom. The van der Waals surface area contributed by atoms with Crippen molar-refractivity contribution < 1.29 is 14.3 Å². The van der Waals surface area contributed by atoms with Crippen molar-refractivity contribution in [3.05, 3.63) is 36.3 Å². The van der Waals surface area contributed by atoms with Gasteiger partial charge in [-0.2, -0.15) is 0 Å². The monoisotopic (exact) mass is 358 g/mol. The number of nitrogens with zero attached hydrogens (tertiary/aromatic N) is 3. The van der Waals surface area contributed by atoms with Crippen LogP contribution in [0.4, 0.5) is 11.5 Å².